The molecule has 1 saturated heterocycles. The van der Waals surface area contributed by atoms with Crippen molar-refractivity contribution in [3.63, 3.8) is 0 Å². The number of benzene rings is 1. The van der Waals surface area contributed by atoms with Crippen molar-refractivity contribution in [3.8, 4) is 11.3 Å². The smallest absolute Gasteiger partial charge is 0.167 e. The molecular weight excluding hydrogens is 330 g/mol. The number of nitrogens with zero attached hydrogens (tertiary/aromatic N) is 4. The minimum absolute atomic E-state index is 0.433. The summed E-state index contributed by atoms with van der Waals surface area (Å²) >= 11 is 0. The number of nitrogens with one attached hydrogen (secondary N) is 1. The Bertz CT molecular complexity index is 865. The summed E-state index contributed by atoms with van der Waals surface area (Å²) in [5.41, 5.74) is 3.19. The van der Waals surface area contributed by atoms with Crippen molar-refractivity contribution >= 4 is 0 Å². The average molecular weight is 351 g/mol. The fourth-order valence-electron chi connectivity index (χ4n) is 3.57. The van der Waals surface area contributed by atoms with Gasteiger partial charge in [0.15, 0.2) is 5.76 Å². The van der Waals surface area contributed by atoms with Gasteiger partial charge in [0.2, 0.25) is 0 Å². The lowest BCUT2D eigenvalue weighted by atomic mass is 9.86. The first kappa shape index (κ1) is 15.7. The minimum atomic E-state index is 0.433. The maximum atomic E-state index is 5.45. The van der Waals surface area contributed by atoms with Crippen molar-refractivity contribution in [3.05, 3.63) is 54.0 Å². The summed E-state index contributed by atoms with van der Waals surface area (Å²) in [4.78, 5) is 0. The first-order valence-electron chi connectivity index (χ1n) is 9.09. The zero-order valence-electron chi connectivity index (χ0n) is 14.4. The Kier molecular flexibility index (Phi) is 4.03. The van der Waals surface area contributed by atoms with Crippen molar-refractivity contribution in [2.45, 2.75) is 37.4 Å². The summed E-state index contributed by atoms with van der Waals surface area (Å²) in [6, 6.07) is 13.0. The number of hydrogen-bond donors (Lipinski definition) is 1. The van der Waals surface area contributed by atoms with Crippen molar-refractivity contribution < 1.29 is 9.26 Å². The molecule has 0 amide bonds. The van der Waals surface area contributed by atoms with Crippen LogP contribution in [0.15, 0.2) is 47.1 Å². The second-order valence-electron chi connectivity index (χ2n) is 7.09. The van der Waals surface area contributed by atoms with Gasteiger partial charge in [0.05, 0.1) is 36.8 Å². The predicted octanol–water partition coefficient (Wildman–Crippen LogP) is 2.54. The summed E-state index contributed by atoms with van der Waals surface area (Å²) in [5, 5.41) is 16.1. The van der Waals surface area contributed by atoms with Gasteiger partial charge in [0, 0.05) is 30.1 Å². The molecule has 134 valence electrons. The SMILES string of the molecule is c1ccc(-c2cc(CN[C@H]3C[C@H](n4nncc4C4COC4)C3)no2)cc1. The van der Waals surface area contributed by atoms with Gasteiger partial charge in [-0.3, -0.25) is 0 Å². The van der Waals surface area contributed by atoms with Crippen LogP contribution in [0, 0.1) is 0 Å². The van der Waals surface area contributed by atoms with E-state index in [2.05, 4.69) is 25.5 Å². The monoisotopic (exact) mass is 351 g/mol. The van der Waals surface area contributed by atoms with Crippen LogP contribution in [-0.2, 0) is 11.3 Å². The van der Waals surface area contributed by atoms with Gasteiger partial charge in [-0.25, -0.2) is 4.68 Å². The summed E-state index contributed by atoms with van der Waals surface area (Å²) in [6.45, 7) is 2.30. The maximum absolute atomic E-state index is 5.45. The molecule has 5 rings (SSSR count). The fraction of sp³-hybridized carbons (Fsp3) is 0.421. The Balaban J connectivity index is 1.14. The van der Waals surface area contributed by atoms with E-state index in [0.29, 0.717) is 24.5 Å². The van der Waals surface area contributed by atoms with E-state index < -0.39 is 0 Å². The molecule has 0 atom stereocenters. The number of aromatic nitrogens is 4. The highest BCUT2D eigenvalue weighted by Crippen LogP contribution is 2.35. The van der Waals surface area contributed by atoms with E-state index in [1.807, 2.05) is 42.6 Å². The van der Waals surface area contributed by atoms with Gasteiger partial charge in [0.1, 0.15) is 0 Å². The van der Waals surface area contributed by atoms with E-state index in [4.69, 9.17) is 9.26 Å². The van der Waals surface area contributed by atoms with E-state index in [9.17, 15) is 0 Å². The summed E-state index contributed by atoms with van der Waals surface area (Å²) in [7, 11) is 0. The summed E-state index contributed by atoms with van der Waals surface area (Å²) < 4.78 is 12.8. The molecular formula is C19H21N5O2. The largest absolute Gasteiger partial charge is 0.380 e. The molecule has 1 aromatic carbocycles. The molecule has 26 heavy (non-hydrogen) atoms. The third-order valence-corrected chi connectivity index (χ3v) is 5.31. The zero-order valence-corrected chi connectivity index (χ0v) is 14.4. The van der Waals surface area contributed by atoms with Crippen LogP contribution in [0.5, 0.6) is 0 Å². The Hall–Kier alpha value is -2.51. The van der Waals surface area contributed by atoms with Gasteiger partial charge in [-0.05, 0) is 12.8 Å². The maximum Gasteiger partial charge on any atom is 0.167 e. The highest BCUT2D eigenvalue weighted by atomic mass is 16.5. The second-order valence-corrected chi connectivity index (χ2v) is 7.09. The predicted molar refractivity (Wildman–Crippen MR) is 94.4 cm³/mol. The Morgan fingerprint density at radius 1 is 1.15 bits per heavy atom. The van der Waals surface area contributed by atoms with E-state index in [0.717, 1.165) is 43.1 Å². The van der Waals surface area contributed by atoms with E-state index in [1.165, 1.54) is 5.69 Å². The molecule has 0 spiro atoms. The van der Waals surface area contributed by atoms with Gasteiger partial charge in [0.25, 0.3) is 0 Å². The van der Waals surface area contributed by atoms with Crippen LogP contribution in [-0.4, -0.2) is 39.4 Å². The quantitative estimate of drug-likeness (QED) is 0.735. The first-order chi connectivity index (χ1) is 12.9. The number of hydrogen-bond acceptors (Lipinski definition) is 6. The van der Waals surface area contributed by atoms with Crippen molar-refractivity contribution in [1.82, 2.24) is 25.5 Å². The molecule has 1 saturated carbocycles. The molecule has 7 nitrogen and oxygen atoms in total. The minimum Gasteiger partial charge on any atom is -0.380 e. The molecule has 1 aliphatic heterocycles. The summed E-state index contributed by atoms with van der Waals surface area (Å²) in [6.07, 6.45) is 4.01. The third kappa shape index (κ3) is 2.93. The topological polar surface area (TPSA) is 78.0 Å². The van der Waals surface area contributed by atoms with Crippen LogP contribution in [0.25, 0.3) is 11.3 Å². The Labute approximate surface area is 151 Å². The molecule has 1 aliphatic carbocycles. The van der Waals surface area contributed by atoms with Gasteiger partial charge in [-0.15, -0.1) is 5.10 Å². The van der Waals surface area contributed by atoms with Gasteiger partial charge < -0.3 is 14.6 Å². The van der Waals surface area contributed by atoms with E-state index >= 15 is 0 Å². The molecule has 2 fully saturated rings. The van der Waals surface area contributed by atoms with E-state index in [1.54, 1.807) is 0 Å². The van der Waals surface area contributed by atoms with E-state index in [-0.39, 0.29) is 0 Å². The van der Waals surface area contributed by atoms with Crippen molar-refractivity contribution in [2.75, 3.05) is 13.2 Å². The van der Waals surface area contributed by atoms with Crippen LogP contribution in [0.3, 0.4) is 0 Å². The third-order valence-electron chi connectivity index (χ3n) is 5.31. The molecule has 0 bridgehead atoms. The summed E-state index contributed by atoms with van der Waals surface area (Å²) in [5.74, 6) is 1.27. The number of ether oxygens (including phenoxy) is 1. The average Bonchev–Trinajstić information content (AvgIpc) is 3.23. The Morgan fingerprint density at radius 2 is 2.00 bits per heavy atom. The van der Waals surface area contributed by atoms with Crippen LogP contribution < -0.4 is 5.32 Å². The molecule has 0 unspecified atom stereocenters. The molecule has 1 N–H and O–H groups in total. The van der Waals surface area contributed by atoms with Crippen LogP contribution in [0.4, 0.5) is 0 Å². The normalized spacial score (nSPS) is 22.8. The molecule has 7 heteroatoms. The molecule has 2 aromatic heterocycles. The molecule has 3 aromatic rings. The highest BCUT2D eigenvalue weighted by Gasteiger charge is 2.35. The Morgan fingerprint density at radius 3 is 2.77 bits per heavy atom. The second kappa shape index (κ2) is 6.66. The number of rotatable bonds is 6. The lowest BCUT2D eigenvalue weighted by Crippen LogP contribution is -2.43. The van der Waals surface area contributed by atoms with Crippen LogP contribution in [0.2, 0.25) is 0 Å². The van der Waals surface area contributed by atoms with Crippen molar-refractivity contribution in [1.29, 1.82) is 0 Å². The van der Waals surface area contributed by atoms with Gasteiger partial charge in [-0.1, -0.05) is 40.7 Å². The molecule has 2 aliphatic rings. The van der Waals surface area contributed by atoms with Crippen molar-refractivity contribution in [2.24, 2.45) is 0 Å². The first-order valence-corrected chi connectivity index (χ1v) is 9.09. The standard InChI is InChI=1S/C19H21N5O2/c1-2-4-13(5-3-1)19-8-16(22-26-19)9-20-15-6-17(7-15)24-18(10-21-23-24)14-11-25-12-14/h1-5,8,10,14-15,17,20H,6-7,9,11-12H2/t15-,17-. The van der Waals surface area contributed by atoms with Gasteiger partial charge in [-0.2, -0.15) is 0 Å². The molecule has 0 radical (unpaired) electrons. The lowest BCUT2D eigenvalue weighted by Gasteiger charge is -2.38. The fourth-order valence-corrected chi connectivity index (χ4v) is 3.57. The highest BCUT2D eigenvalue weighted by molar-refractivity contribution is 5.56. The zero-order chi connectivity index (χ0) is 17.3. The lowest BCUT2D eigenvalue weighted by molar-refractivity contribution is 0.00297. The van der Waals surface area contributed by atoms with Gasteiger partial charge >= 0.3 is 0 Å². The molecule has 3 heterocycles. The van der Waals surface area contributed by atoms with Crippen LogP contribution in [0.1, 0.15) is 36.2 Å². The van der Waals surface area contributed by atoms with Crippen LogP contribution >= 0.6 is 0 Å².